The highest BCUT2D eigenvalue weighted by molar-refractivity contribution is 6.16. The molecule has 60 heavy (non-hydrogen) atoms. The highest BCUT2D eigenvalue weighted by atomic mass is 16.3. The molecule has 12 rings (SSSR count). The third-order valence-corrected chi connectivity index (χ3v) is 12.2. The van der Waals surface area contributed by atoms with Gasteiger partial charge in [-0.25, -0.2) is 0 Å². The van der Waals surface area contributed by atoms with Gasteiger partial charge in [-0.05, 0) is 126 Å². The Morgan fingerprint density at radius 3 is 1.65 bits per heavy atom. The van der Waals surface area contributed by atoms with Crippen molar-refractivity contribution in [3.05, 3.63) is 224 Å². The lowest BCUT2D eigenvalue weighted by atomic mass is 9.92. The topological polar surface area (TPSA) is 16.4 Å². The quantitative estimate of drug-likeness (QED) is 0.157. The molecule has 11 aromatic carbocycles. The summed E-state index contributed by atoms with van der Waals surface area (Å²) in [6, 6.07) is 81.3. The molecule has 0 aliphatic heterocycles. The Bertz CT molecular complexity index is 3600. The van der Waals surface area contributed by atoms with Crippen molar-refractivity contribution in [3.63, 3.8) is 0 Å². The number of anilines is 3. The normalized spacial score (nSPS) is 11.7. The largest absolute Gasteiger partial charge is 0.455 e. The first-order valence-corrected chi connectivity index (χ1v) is 20.6. The molecular weight excluding hydrogens is 727 g/mol. The van der Waals surface area contributed by atoms with Crippen molar-refractivity contribution < 1.29 is 4.42 Å². The third-order valence-electron chi connectivity index (χ3n) is 12.2. The van der Waals surface area contributed by atoms with Crippen LogP contribution in [0.5, 0.6) is 0 Å². The molecule has 0 N–H and O–H groups in total. The number of fused-ring (bicyclic) bond motifs is 9. The molecule has 12 aromatic rings. The van der Waals surface area contributed by atoms with Gasteiger partial charge in [-0.15, -0.1) is 0 Å². The van der Waals surface area contributed by atoms with Gasteiger partial charge in [0.25, 0.3) is 0 Å². The van der Waals surface area contributed by atoms with Gasteiger partial charge in [-0.2, -0.15) is 0 Å². The van der Waals surface area contributed by atoms with Crippen molar-refractivity contribution in [2.24, 2.45) is 0 Å². The molecule has 0 spiro atoms. The Morgan fingerprint density at radius 1 is 0.267 bits per heavy atom. The second kappa shape index (κ2) is 13.9. The molecule has 0 fully saturated rings. The summed E-state index contributed by atoms with van der Waals surface area (Å²) >= 11 is 0. The van der Waals surface area contributed by atoms with Gasteiger partial charge in [0.2, 0.25) is 0 Å². The van der Waals surface area contributed by atoms with Crippen molar-refractivity contribution in [2.45, 2.75) is 0 Å². The van der Waals surface area contributed by atoms with E-state index in [2.05, 4.69) is 229 Å². The van der Waals surface area contributed by atoms with Crippen LogP contribution in [0.1, 0.15) is 0 Å². The first-order chi connectivity index (χ1) is 29.7. The first-order valence-electron chi connectivity index (χ1n) is 20.6. The lowest BCUT2D eigenvalue weighted by molar-refractivity contribution is 0.672. The molecule has 0 saturated carbocycles. The molecule has 0 saturated heterocycles. The fraction of sp³-hybridized carbons (Fsp3) is 0. The number of furan rings is 1. The lowest BCUT2D eigenvalue weighted by Gasteiger charge is -2.27. The Balaban J connectivity index is 1.04. The van der Waals surface area contributed by atoms with E-state index in [9.17, 15) is 0 Å². The molecule has 1 heterocycles. The zero-order chi connectivity index (χ0) is 39.6. The summed E-state index contributed by atoms with van der Waals surface area (Å²) in [4.78, 5) is 2.37. The molecule has 0 bridgehead atoms. The van der Waals surface area contributed by atoms with E-state index in [1.165, 1.54) is 71.1 Å². The predicted octanol–water partition coefficient (Wildman–Crippen LogP) is 16.7. The summed E-state index contributed by atoms with van der Waals surface area (Å²) in [6.45, 7) is 0. The van der Waals surface area contributed by atoms with Gasteiger partial charge in [-0.1, -0.05) is 164 Å². The molecule has 0 unspecified atom stereocenters. The van der Waals surface area contributed by atoms with E-state index >= 15 is 0 Å². The summed E-state index contributed by atoms with van der Waals surface area (Å²) in [7, 11) is 0. The van der Waals surface area contributed by atoms with Crippen molar-refractivity contribution in [1.82, 2.24) is 0 Å². The van der Waals surface area contributed by atoms with Crippen LogP contribution >= 0.6 is 0 Å². The monoisotopic (exact) mass is 763 g/mol. The molecular formula is C58H37NO. The van der Waals surface area contributed by atoms with Crippen LogP contribution in [0.2, 0.25) is 0 Å². The van der Waals surface area contributed by atoms with Crippen molar-refractivity contribution in [3.8, 4) is 33.4 Å². The van der Waals surface area contributed by atoms with Crippen molar-refractivity contribution in [2.75, 3.05) is 4.90 Å². The highest BCUT2D eigenvalue weighted by Crippen LogP contribution is 2.44. The van der Waals surface area contributed by atoms with Crippen molar-refractivity contribution in [1.29, 1.82) is 0 Å². The molecule has 0 radical (unpaired) electrons. The summed E-state index contributed by atoms with van der Waals surface area (Å²) in [5, 5.41) is 12.0. The second-order valence-corrected chi connectivity index (χ2v) is 15.7. The van der Waals surface area contributed by atoms with Gasteiger partial charge >= 0.3 is 0 Å². The second-order valence-electron chi connectivity index (χ2n) is 15.7. The summed E-state index contributed by atoms with van der Waals surface area (Å²) < 4.78 is 6.75. The van der Waals surface area contributed by atoms with Crippen LogP contribution in [0.4, 0.5) is 17.1 Å². The average Bonchev–Trinajstić information content (AvgIpc) is 3.70. The zero-order valence-corrected chi connectivity index (χ0v) is 32.7. The Hall–Kier alpha value is -7.94. The Morgan fingerprint density at radius 2 is 0.833 bits per heavy atom. The van der Waals surface area contributed by atoms with E-state index in [0.717, 1.165) is 44.4 Å². The van der Waals surface area contributed by atoms with Crippen LogP contribution in [0.15, 0.2) is 229 Å². The van der Waals surface area contributed by atoms with Crippen LogP contribution in [0.25, 0.3) is 98.4 Å². The van der Waals surface area contributed by atoms with Crippen LogP contribution in [-0.2, 0) is 0 Å². The van der Waals surface area contributed by atoms with Crippen LogP contribution < -0.4 is 4.90 Å². The molecule has 0 atom stereocenters. The maximum Gasteiger partial charge on any atom is 0.143 e. The van der Waals surface area contributed by atoms with Crippen molar-refractivity contribution >= 4 is 82.1 Å². The highest BCUT2D eigenvalue weighted by Gasteiger charge is 2.20. The van der Waals surface area contributed by atoms with E-state index < -0.39 is 0 Å². The number of nitrogens with zero attached hydrogens (tertiary/aromatic N) is 1. The van der Waals surface area contributed by atoms with Gasteiger partial charge in [-0.3, -0.25) is 0 Å². The maximum atomic E-state index is 6.75. The Kier molecular flexibility index (Phi) is 7.89. The van der Waals surface area contributed by atoms with E-state index in [-0.39, 0.29) is 0 Å². The smallest absolute Gasteiger partial charge is 0.143 e. The molecule has 0 aliphatic rings. The van der Waals surface area contributed by atoms with E-state index in [1.54, 1.807) is 0 Å². The summed E-state index contributed by atoms with van der Waals surface area (Å²) in [5.74, 6) is 0. The zero-order valence-electron chi connectivity index (χ0n) is 32.7. The predicted molar refractivity (Wildman–Crippen MR) is 255 cm³/mol. The fourth-order valence-electron chi connectivity index (χ4n) is 9.31. The minimum atomic E-state index is 0.862. The molecule has 0 aliphatic carbocycles. The van der Waals surface area contributed by atoms with Gasteiger partial charge in [0.15, 0.2) is 0 Å². The van der Waals surface area contributed by atoms with Gasteiger partial charge in [0.1, 0.15) is 11.2 Å². The van der Waals surface area contributed by atoms with Crippen LogP contribution in [0, 0.1) is 0 Å². The number of benzene rings is 11. The first kappa shape index (κ1) is 34.1. The lowest BCUT2D eigenvalue weighted by Crippen LogP contribution is -2.10. The fourth-order valence-corrected chi connectivity index (χ4v) is 9.31. The minimum Gasteiger partial charge on any atom is -0.455 e. The van der Waals surface area contributed by atoms with Gasteiger partial charge < -0.3 is 9.32 Å². The molecule has 280 valence electrons. The SMILES string of the molecule is c1ccc(-c2ccc(N(c3ccc4cc(-c5cc6ccccc6c6ccccc56)ccc4c3)c3ccc4c(c3)oc3c5ccccc5ccc43)cc2-c2ccccc2)cc1. The number of hydrogen-bond donors (Lipinski definition) is 0. The Labute approximate surface area is 347 Å². The van der Waals surface area contributed by atoms with Crippen LogP contribution in [-0.4, -0.2) is 0 Å². The average molecular weight is 764 g/mol. The summed E-state index contributed by atoms with van der Waals surface area (Å²) in [6.07, 6.45) is 0. The number of rotatable bonds is 6. The van der Waals surface area contributed by atoms with E-state index in [1.807, 2.05) is 0 Å². The standard InChI is InChI=1S/C58H37NO/c1-3-13-38(14-4-1)49-31-28-46(36-56(49)39-15-5-2-6-16-39)59(47-29-32-53-54-30-26-40-17-7-10-20-50(40)58(54)60-57(53)37-47)45-27-25-41-33-44(24-23-42(41)34-45)55-35-43-18-8-9-19-48(43)51-21-11-12-22-52(51)55/h1-37H. The molecule has 2 heteroatoms. The summed E-state index contributed by atoms with van der Waals surface area (Å²) in [5.41, 5.74) is 12.1. The van der Waals surface area contributed by atoms with Crippen LogP contribution in [0.3, 0.4) is 0 Å². The van der Waals surface area contributed by atoms with E-state index in [0.29, 0.717) is 0 Å². The molecule has 1 aromatic heterocycles. The maximum absolute atomic E-state index is 6.75. The van der Waals surface area contributed by atoms with E-state index in [4.69, 9.17) is 4.42 Å². The number of hydrogen-bond acceptors (Lipinski definition) is 2. The van der Waals surface area contributed by atoms with Gasteiger partial charge in [0, 0.05) is 39.3 Å². The van der Waals surface area contributed by atoms with Gasteiger partial charge in [0.05, 0.1) is 0 Å². The molecule has 0 amide bonds. The third kappa shape index (κ3) is 5.65. The minimum absolute atomic E-state index is 0.862. The molecule has 2 nitrogen and oxygen atoms in total.